The summed E-state index contributed by atoms with van der Waals surface area (Å²) in [6.07, 6.45) is 4.14. The van der Waals surface area contributed by atoms with Crippen LogP contribution in [0.5, 0.6) is 0 Å². The van der Waals surface area contributed by atoms with Crippen molar-refractivity contribution >= 4 is 0 Å². The van der Waals surface area contributed by atoms with Crippen molar-refractivity contribution in [3.05, 3.63) is 65.3 Å². The van der Waals surface area contributed by atoms with Gasteiger partial charge in [0.25, 0.3) is 0 Å². The number of halogens is 3. The van der Waals surface area contributed by atoms with Crippen LogP contribution < -0.4 is 5.32 Å². The second-order valence-electron chi connectivity index (χ2n) is 9.56. The SMILES string of the molecule is C=C(NC1=CCC(C)(C)C(C)=C1)C1C2CCC(C2)C1c1cccc(C(F)(F)F)n1. The van der Waals surface area contributed by atoms with Crippen molar-refractivity contribution in [3.8, 4) is 0 Å². The number of hydrogen-bond acceptors (Lipinski definition) is 2. The fourth-order valence-electron chi connectivity index (χ4n) is 5.38. The molecule has 1 aromatic rings. The Balaban J connectivity index is 1.58. The topological polar surface area (TPSA) is 24.9 Å². The van der Waals surface area contributed by atoms with E-state index in [-0.39, 0.29) is 17.3 Å². The number of alkyl halides is 3. The summed E-state index contributed by atoms with van der Waals surface area (Å²) >= 11 is 0. The molecule has 0 aromatic carbocycles. The van der Waals surface area contributed by atoms with Crippen LogP contribution in [0.25, 0.3) is 0 Å². The van der Waals surface area contributed by atoms with E-state index >= 15 is 0 Å². The lowest BCUT2D eigenvalue weighted by Crippen LogP contribution is -2.30. The lowest BCUT2D eigenvalue weighted by molar-refractivity contribution is -0.141. The molecule has 0 radical (unpaired) electrons. The van der Waals surface area contributed by atoms with Crippen LogP contribution in [0.4, 0.5) is 13.2 Å². The van der Waals surface area contributed by atoms with Crippen LogP contribution in [0.2, 0.25) is 0 Å². The van der Waals surface area contributed by atoms with Crippen LogP contribution in [0, 0.1) is 23.2 Å². The van der Waals surface area contributed by atoms with Crippen LogP contribution in [-0.2, 0) is 6.18 Å². The minimum absolute atomic E-state index is 0.00163. The van der Waals surface area contributed by atoms with E-state index in [9.17, 15) is 13.2 Å². The Labute approximate surface area is 171 Å². The molecule has 2 nitrogen and oxygen atoms in total. The van der Waals surface area contributed by atoms with Gasteiger partial charge in [0.15, 0.2) is 0 Å². The van der Waals surface area contributed by atoms with Gasteiger partial charge in [0, 0.05) is 28.9 Å². The van der Waals surface area contributed by atoms with E-state index in [1.807, 2.05) is 0 Å². The Morgan fingerprint density at radius 2 is 1.93 bits per heavy atom. The van der Waals surface area contributed by atoms with Crippen LogP contribution in [0.15, 0.2) is 53.9 Å². The van der Waals surface area contributed by atoms with Crippen LogP contribution in [-0.4, -0.2) is 4.98 Å². The predicted molar refractivity (Wildman–Crippen MR) is 109 cm³/mol. The van der Waals surface area contributed by atoms with Crippen LogP contribution in [0.1, 0.15) is 63.8 Å². The van der Waals surface area contributed by atoms with Crippen molar-refractivity contribution in [2.75, 3.05) is 0 Å². The summed E-state index contributed by atoms with van der Waals surface area (Å²) in [4.78, 5) is 4.03. The lowest BCUT2D eigenvalue weighted by atomic mass is 9.75. The third-order valence-electron chi connectivity index (χ3n) is 7.30. The summed E-state index contributed by atoms with van der Waals surface area (Å²) in [5.41, 5.74) is 3.20. The first kappa shape index (κ1) is 20.2. The summed E-state index contributed by atoms with van der Waals surface area (Å²) in [5.74, 6) is 0.971. The fourth-order valence-corrected chi connectivity index (χ4v) is 5.38. The van der Waals surface area contributed by atoms with E-state index in [0.29, 0.717) is 17.5 Å². The normalized spacial score (nSPS) is 30.7. The minimum atomic E-state index is -4.42. The third-order valence-corrected chi connectivity index (χ3v) is 7.30. The maximum atomic E-state index is 13.2. The van der Waals surface area contributed by atoms with E-state index in [0.717, 1.165) is 43.1 Å². The quantitative estimate of drug-likeness (QED) is 0.614. The average Bonchev–Trinajstić information content (AvgIpc) is 3.26. The second kappa shape index (κ2) is 7.03. The zero-order valence-electron chi connectivity index (χ0n) is 17.3. The highest BCUT2D eigenvalue weighted by Gasteiger charge is 2.50. The van der Waals surface area contributed by atoms with Crippen molar-refractivity contribution in [2.24, 2.45) is 23.2 Å². The third kappa shape index (κ3) is 3.76. The Kier molecular flexibility index (Phi) is 4.91. The molecule has 1 heterocycles. The molecule has 1 aromatic heterocycles. The first-order valence-electron chi connectivity index (χ1n) is 10.4. The molecular formula is C24H29F3N2. The molecule has 1 N–H and O–H groups in total. The van der Waals surface area contributed by atoms with Gasteiger partial charge in [-0.1, -0.05) is 38.1 Å². The van der Waals surface area contributed by atoms with Crippen molar-refractivity contribution in [2.45, 2.75) is 58.5 Å². The van der Waals surface area contributed by atoms with Crippen molar-refractivity contribution < 1.29 is 13.2 Å². The number of hydrogen-bond donors (Lipinski definition) is 1. The van der Waals surface area contributed by atoms with Crippen molar-refractivity contribution in [3.63, 3.8) is 0 Å². The smallest absolute Gasteiger partial charge is 0.359 e. The van der Waals surface area contributed by atoms with Gasteiger partial charge in [-0.15, -0.1) is 0 Å². The summed E-state index contributed by atoms with van der Waals surface area (Å²) in [7, 11) is 0. The first-order valence-corrected chi connectivity index (χ1v) is 10.4. The van der Waals surface area contributed by atoms with Gasteiger partial charge in [0.2, 0.25) is 0 Å². The Morgan fingerprint density at radius 3 is 2.62 bits per heavy atom. The molecule has 156 valence electrons. The molecule has 4 unspecified atom stereocenters. The molecule has 29 heavy (non-hydrogen) atoms. The number of fused-ring (bicyclic) bond motifs is 2. The minimum Gasteiger partial charge on any atom is -0.359 e. The standard InChI is InChI=1S/C24H29F3N2/c1-14-12-18(10-11-23(14,3)4)28-15(2)21-16-8-9-17(13-16)22(21)19-6-5-7-20(29-19)24(25,26)27/h5-7,10,12,16-17,21-22,28H,2,8-9,11,13H2,1,3-4H3. The van der Waals surface area contributed by atoms with Crippen LogP contribution >= 0.6 is 0 Å². The number of aromatic nitrogens is 1. The van der Waals surface area contributed by atoms with Gasteiger partial charge in [-0.2, -0.15) is 13.2 Å². The predicted octanol–water partition coefficient (Wildman–Crippen LogP) is 6.59. The number of allylic oxidation sites excluding steroid dienone is 4. The second-order valence-corrected chi connectivity index (χ2v) is 9.56. The van der Waals surface area contributed by atoms with Gasteiger partial charge in [-0.3, -0.25) is 0 Å². The Hall–Kier alpha value is -2.04. The summed E-state index contributed by atoms with van der Waals surface area (Å²) in [6.45, 7) is 10.9. The fraction of sp³-hybridized carbons (Fsp3) is 0.542. The molecule has 2 fully saturated rings. The van der Waals surface area contributed by atoms with Gasteiger partial charge in [0.1, 0.15) is 5.69 Å². The maximum Gasteiger partial charge on any atom is 0.433 e. The molecule has 0 aliphatic heterocycles. The monoisotopic (exact) mass is 402 g/mol. The molecule has 2 bridgehead atoms. The molecule has 3 aliphatic carbocycles. The van der Waals surface area contributed by atoms with E-state index in [2.05, 4.69) is 49.8 Å². The zero-order valence-corrected chi connectivity index (χ0v) is 17.3. The van der Waals surface area contributed by atoms with E-state index in [1.165, 1.54) is 11.6 Å². The number of nitrogens with one attached hydrogen (secondary N) is 1. The molecule has 4 rings (SSSR count). The van der Waals surface area contributed by atoms with E-state index < -0.39 is 11.9 Å². The Morgan fingerprint density at radius 1 is 1.21 bits per heavy atom. The molecular weight excluding hydrogens is 373 g/mol. The van der Waals surface area contributed by atoms with E-state index in [1.54, 1.807) is 6.07 Å². The summed E-state index contributed by atoms with van der Waals surface area (Å²) in [5, 5.41) is 3.50. The highest BCUT2D eigenvalue weighted by atomic mass is 19.4. The number of nitrogens with zero attached hydrogens (tertiary/aromatic N) is 1. The van der Waals surface area contributed by atoms with Gasteiger partial charge >= 0.3 is 6.18 Å². The first-order chi connectivity index (χ1) is 13.6. The number of rotatable bonds is 4. The molecule has 0 saturated heterocycles. The molecule has 0 spiro atoms. The molecule has 3 aliphatic rings. The largest absolute Gasteiger partial charge is 0.433 e. The average molecular weight is 403 g/mol. The molecule has 4 atom stereocenters. The van der Waals surface area contributed by atoms with Gasteiger partial charge < -0.3 is 5.32 Å². The molecule has 5 heteroatoms. The number of pyridine rings is 1. The van der Waals surface area contributed by atoms with Gasteiger partial charge in [0.05, 0.1) is 0 Å². The molecule has 0 amide bonds. The summed E-state index contributed by atoms with van der Waals surface area (Å²) in [6, 6.07) is 4.30. The van der Waals surface area contributed by atoms with E-state index in [4.69, 9.17) is 0 Å². The Bertz CT molecular complexity index is 878. The zero-order chi connectivity index (χ0) is 21.0. The lowest BCUT2D eigenvalue weighted by Gasteiger charge is -2.34. The summed E-state index contributed by atoms with van der Waals surface area (Å²) < 4.78 is 39.6. The molecule has 2 saturated carbocycles. The van der Waals surface area contributed by atoms with Gasteiger partial charge in [-0.25, -0.2) is 4.98 Å². The van der Waals surface area contributed by atoms with Crippen molar-refractivity contribution in [1.29, 1.82) is 0 Å². The van der Waals surface area contributed by atoms with Gasteiger partial charge in [-0.05, 0) is 68.1 Å². The maximum absolute atomic E-state index is 13.2. The van der Waals surface area contributed by atoms with Crippen molar-refractivity contribution in [1.82, 2.24) is 10.3 Å². The highest BCUT2D eigenvalue weighted by Crippen LogP contribution is 2.58. The van der Waals surface area contributed by atoms with Crippen LogP contribution in [0.3, 0.4) is 0 Å². The highest BCUT2D eigenvalue weighted by molar-refractivity contribution is 5.34.